The maximum absolute atomic E-state index is 12.1. The summed E-state index contributed by atoms with van der Waals surface area (Å²) in [5.74, 6) is -0.0901. The van der Waals surface area contributed by atoms with Gasteiger partial charge >= 0.3 is 0 Å². The van der Waals surface area contributed by atoms with Crippen LogP contribution >= 0.6 is 0 Å². The molecule has 1 aliphatic heterocycles. The number of amides is 2. The zero-order chi connectivity index (χ0) is 14.5. The van der Waals surface area contributed by atoms with Crippen LogP contribution in [0.2, 0.25) is 0 Å². The zero-order valence-corrected chi connectivity index (χ0v) is 12.0. The third kappa shape index (κ3) is 3.81. The van der Waals surface area contributed by atoms with Gasteiger partial charge in [0.2, 0.25) is 11.8 Å². The largest absolute Gasteiger partial charge is 0.326 e. The van der Waals surface area contributed by atoms with Crippen molar-refractivity contribution in [3.8, 4) is 0 Å². The molecule has 0 aliphatic carbocycles. The Kier molecular flexibility index (Phi) is 4.74. The Balaban J connectivity index is 2.00. The molecule has 1 aliphatic rings. The lowest BCUT2D eigenvalue weighted by atomic mass is 10.0. The van der Waals surface area contributed by atoms with Gasteiger partial charge in [0.25, 0.3) is 0 Å². The Bertz CT molecular complexity index is 508. The maximum atomic E-state index is 12.1. The van der Waals surface area contributed by atoms with Gasteiger partial charge < -0.3 is 16.0 Å². The molecule has 1 heterocycles. The second-order valence-corrected chi connectivity index (χ2v) is 5.20. The SMILES string of the molecule is CC(=O)Nc1ccc(NC(=O)[C@@H]2CCCCN2)cc1C. The molecule has 1 saturated heterocycles. The quantitative estimate of drug-likeness (QED) is 0.790. The molecule has 108 valence electrons. The highest BCUT2D eigenvalue weighted by Gasteiger charge is 2.20. The van der Waals surface area contributed by atoms with E-state index >= 15 is 0 Å². The minimum Gasteiger partial charge on any atom is -0.326 e. The molecular formula is C15H21N3O2. The molecule has 0 spiro atoms. The normalized spacial score (nSPS) is 18.4. The lowest BCUT2D eigenvalue weighted by Crippen LogP contribution is -2.43. The summed E-state index contributed by atoms with van der Waals surface area (Å²) in [6.45, 7) is 4.28. The topological polar surface area (TPSA) is 70.2 Å². The van der Waals surface area contributed by atoms with E-state index in [9.17, 15) is 9.59 Å². The zero-order valence-electron chi connectivity index (χ0n) is 12.0. The standard InChI is InChI=1S/C15H21N3O2/c1-10-9-12(6-7-13(10)17-11(2)19)18-15(20)14-5-3-4-8-16-14/h6-7,9,14,16H,3-5,8H2,1-2H3,(H,17,19)(H,18,20)/t14-/m0/s1. The first kappa shape index (κ1) is 14.5. The number of carbonyl (C=O) groups is 2. The van der Waals surface area contributed by atoms with E-state index in [1.54, 1.807) is 12.1 Å². The summed E-state index contributed by atoms with van der Waals surface area (Å²) in [7, 11) is 0. The van der Waals surface area contributed by atoms with Crippen molar-refractivity contribution in [1.29, 1.82) is 0 Å². The predicted octanol–water partition coefficient (Wildman–Crippen LogP) is 2.03. The molecule has 2 amide bonds. The number of aryl methyl sites for hydroxylation is 1. The van der Waals surface area contributed by atoms with E-state index in [4.69, 9.17) is 0 Å². The Hall–Kier alpha value is -1.88. The number of hydrogen-bond donors (Lipinski definition) is 3. The molecule has 0 saturated carbocycles. The second-order valence-electron chi connectivity index (χ2n) is 5.20. The van der Waals surface area contributed by atoms with Crippen LogP contribution in [0.25, 0.3) is 0 Å². The molecule has 0 bridgehead atoms. The van der Waals surface area contributed by atoms with E-state index < -0.39 is 0 Å². The highest BCUT2D eigenvalue weighted by atomic mass is 16.2. The summed E-state index contributed by atoms with van der Waals surface area (Å²) >= 11 is 0. The molecule has 1 aromatic rings. The molecule has 0 unspecified atom stereocenters. The Morgan fingerprint density at radius 2 is 2.05 bits per heavy atom. The van der Waals surface area contributed by atoms with Crippen molar-refractivity contribution in [1.82, 2.24) is 5.32 Å². The predicted molar refractivity (Wildman–Crippen MR) is 79.8 cm³/mol. The summed E-state index contributed by atoms with van der Waals surface area (Å²) in [6, 6.07) is 5.38. The van der Waals surface area contributed by atoms with Gasteiger partial charge in [0, 0.05) is 18.3 Å². The van der Waals surface area contributed by atoms with Crippen LogP contribution in [0.3, 0.4) is 0 Å². The van der Waals surface area contributed by atoms with E-state index in [1.807, 2.05) is 13.0 Å². The van der Waals surface area contributed by atoms with E-state index in [1.165, 1.54) is 6.92 Å². The first-order valence-corrected chi connectivity index (χ1v) is 6.99. The Morgan fingerprint density at radius 3 is 2.65 bits per heavy atom. The molecule has 3 N–H and O–H groups in total. The third-order valence-corrected chi connectivity index (χ3v) is 3.43. The smallest absolute Gasteiger partial charge is 0.241 e. The average molecular weight is 275 g/mol. The van der Waals surface area contributed by atoms with Gasteiger partial charge in [0.15, 0.2) is 0 Å². The summed E-state index contributed by atoms with van der Waals surface area (Å²) < 4.78 is 0. The van der Waals surface area contributed by atoms with Crippen LogP contribution in [0, 0.1) is 6.92 Å². The molecule has 1 aromatic carbocycles. The van der Waals surface area contributed by atoms with Crippen LogP contribution in [-0.2, 0) is 9.59 Å². The highest BCUT2D eigenvalue weighted by molar-refractivity contribution is 5.95. The van der Waals surface area contributed by atoms with E-state index in [2.05, 4.69) is 16.0 Å². The molecule has 1 atom stereocenters. The monoisotopic (exact) mass is 275 g/mol. The summed E-state index contributed by atoms with van der Waals surface area (Å²) in [5.41, 5.74) is 2.45. The van der Waals surface area contributed by atoms with Gasteiger partial charge in [-0.3, -0.25) is 9.59 Å². The number of piperidine rings is 1. The number of hydrogen-bond acceptors (Lipinski definition) is 3. The molecule has 0 aromatic heterocycles. The number of benzene rings is 1. The van der Waals surface area contributed by atoms with Crippen molar-refractivity contribution in [2.24, 2.45) is 0 Å². The van der Waals surface area contributed by atoms with E-state index in [-0.39, 0.29) is 17.9 Å². The molecule has 2 rings (SSSR count). The Morgan fingerprint density at radius 1 is 1.25 bits per heavy atom. The van der Waals surface area contributed by atoms with Crippen molar-refractivity contribution in [2.45, 2.75) is 39.2 Å². The minimum absolute atomic E-state index is 0.0105. The fourth-order valence-electron chi connectivity index (χ4n) is 2.38. The first-order valence-electron chi connectivity index (χ1n) is 6.99. The minimum atomic E-state index is -0.101. The molecule has 5 heteroatoms. The molecule has 5 nitrogen and oxygen atoms in total. The van der Waals surface area contributed by atoms with Crippen molar-refractivity contribution in [3.05, 3.63) is 23.8 Å². The van der Waals surface area contributed by atoms with E-state index in [0.29, 0.717) is 0 Å². The van der Waals surface area contributed by atoms with Crippen LogP contribution < -0.4 is 16.0 Å². The maximum Gasteiger partial charge on any atom is 0.241 e. The number of rotatable bonds is 3. The van der Waals surface area contributed by atoms with Gasteiger partial charge in [0.05, 0.1) is 6.04 Å². The molecule has 1 fully saturated rings. The number of anilines is 2. The van der Waals surface area contributed by atoms with Gasteiger partial charge in [-0.2, -0.15) is 0 Å². The van der Waals surface area contributed by atoms with Crippen molar-refractivity contribution < 1.29 is 9.59 Å². The number of carbonyl (C=O) groups excluding carboxylic acids is 2. The second kappa shape index (κ2) is 6.52. The van der Waals surface area contributed by atoms with Crippen LogP contribution in [0.5, 0.6) is 0 Å². The molecule has 20 heavy (non-hydrogen) atoms. The summed E-state index contributed by atoms with van der Waals surface area (Å²) in [5, 5.41) is 8.89. The van der Waals surface area contributed by atoms with E-state index in [0.717, 1.165) is 42.7 Å². The fraction of sp³-hybridized carbons (Fsp3) is 0.467. The van der Waals surface area contributed by atoms with Gasteiger partial charge in [-0.05, 0) is 50.1 Å². The van der Waals surface area contributed by atoms with Crippen LogP contribution in [0.4, 0.5) is 11.4 Å². The lowest BCUT2D eigenvalue weighted by molar-refractivity contribution is -0.118. The van der Waals surface area contributed by atoms with Gasteiger partial charge in [0.1, 0.15) is 0 Å². The molecular weight excluding hydrogens is 254 g/mol. The first-order chi connectivity index (χ1) is 9.56. The van der Waals surface area contributed by atoms with Crippen LogP contribution in [0.15, 0.2) is 18.2 Å². The Labute approximate surface area is 119 Å². The lowest BCUT2D eigenvalue weighted by Gasteiger charge is -2.22. The number of nitrogens with one attached hydrogen (secondary N) is 3. The third-order valence-electron chi connectivity index (χ3n) is 3.43. The highest BCUT2D eigenvalue weighted by Crippen LogP contribution is 2.20. The summed E-state index contributed by atoms with van der Waals surface area (Å²) in [6.07, 6.45) is 3.11. The van der Waals surface area contributed by atoms with Gasteiger partial charge in [-0.15, -0.1) is 0 Å². The van der Waals surface area contributed by atoms with Crippen molar-refractivity contribution >= 4 is 23.2 Å². The average Bonchev–Trinajstić information content (AvgIpc) is 2.42. The van der Waals surface area contributed by atoms with Crippen LogP contribution in [0.1, 0.15) is 31.7 Å². The van der Waals surface area contributed by atoms with Gasteiger partial charge in [-0.1, -0.05) is 6.42 Å². The summed E-state index contributed by atoms with van der Waals surface area (Å²) in [4.78, 5) is 23.1. The van der Waals surface area contributed by atoms with Crippen LogP contribution in [-0.4, -0.2) is 24.4 Å². The van der Waals surface area contributed by atoms with Crippen molar-refractivity contribution in [2.75, 3.05) is 17.2 Å². The van der Waals surface area contributed by atoms with Gasteiger partial charge in [-0.25, -0.2) is 0 Å². The van der Waals surface area contributed by atoms with Crippen molar-refractivity contribution in [3.63, 3.8) is 0 Å². The molecule has 0 radical (unpaired) electrons. The fourth-order valence-corrected chi connectivity index (χ4v) is 2.38.